The number of ether oxygens (including phenoxy) is 1. The molecular weight excluding hydrogens is 449 g/mol. The van der Waals surface area contributed by atoms with Crippen LogP contribution in [0.2, 0.25) is 10.0 Å². The number of esters is 1. The van der Waals surface area contributed by atoms with Gasteiger partial charge in [-0.05, 0) is 88.5 Å². The van der Waals surface area contributed by atoms with Crippen molar-refractivity contribution >= 4 is 35.0 Å². The van der Waals surface area contributed by atoms with Crippen molar-refractivity contribution in [3.63, 3.8) is 0 Å². The van der Waals surface area contributed by atoms with Crippen LogP contribution in [0.4, 0.5) is 0 Å². The summed E-state index contributed by atoms with van der Waals surface area (Å²) in [7, 11) is 0. The fourth-order valence-corrected chi connectivity index (χ4v) is 7.17. The van der Waals surface area contributed by atoms with Gasteiger partial charge in [-0.1, -0.05) is 23.2 Å². The summed E-state index contributed by atoms with van der Waals surface area (Å²) in [5.41, 5.74) is 1.59. The van der Waals surface area contributed by atoms with Crippen LogP contribution in [0.25, 0.3) is 5.69 Å². The van der Waals surface area contributed by atoms with Crippen molar-refractivity contribution in [2.24, 2.45) is 17.3 Å². The van der Waals surface area contributed by atoms with Gasteiger partial charge >= 0.3 is 5.97 Å². The minimum atomic E-state index is -0.738. The average Bonchev–Trinajstić information content (AvgIpc) is 3.00. The van der Waals surface area contributed by atoms with Gasteiger partial charge < -0.3 is 14.4 Å². The normalized spacial score (nSPS) is 30.5. The number of aryl methyl sites for hydroxylation is 1. The average molecular weight is 476 g/mol. The highest BCUT2D eigenvalue weighted by Gasteiger charge is 2.60. The number of ketones is 1. The Morgan fingerprint density at radius 3 is 2.41 bits per heavy atom. The fraction of sp³-hybridized carbons (Fsp3) is 0.520. The van der Waals surface area contributed by atoms with Crippen LogP contribution in [0, 0.1) is 31.1 Å². The molecule has 0 amide bonds. The number of carbonyl (C=O) groups is 2. The molecule has 4 bridgehead atoms. The molecular formula is C25H27Cl2NO4. The Hall–Kier alpha value is -1.82. The lowest BCUT2D eigenvalue weighted by molar-refractivity contribution is -0.195. The molecule has 2 atom stereocenters. The Morgan fingerprint density at radius 2 is 1.78 bits per heavy atom. The van der Waals surface area contributed by atoms with Crippen LogP contribution >= 0.6 is 23.2 Å². The maximum absolute atomic E-state index is 13.1. The van der Waals surface area contributed by atoms with Crippen LogP contribution < -0.4 is 0 Å². The van der Waals surface area contributed by atoms with Crippen LogP contribution in [-0.2, 0) is 9.53 Å². The van der Waals surface area contributed by atoms with E-state index < -0.39 is 11.0 Å². The number of hydrogen-bond acceptors (Lipinski definition) is 4. The summed E-state index contributed by atoms with van der Waals surface area (Å²) >= 11 is 12.2. The van der Waals surface area contributed by atoms with Crippen molar-refractivity contribution in [1.82, 2.24) is 4.57 Å². The third kappa shape index (κ3) is 3.59. The zero-order valence-corrected chi connectivity index (χ0v) is 19.8. The predicted molar refractivity (Wildman–Crippen MR) is 123 cm³/mol. The SMILES string of the molecule is Cc1cc(C(=O)COC(=O)C23CC4CC(CC(O)(C4)C2)C3)c(C)n1-c1ccc(Cl)c(Cl)c1. The molecule has 6 rings (SSSR count). The highest BCUT2D eigenvalue weighted by atomic mass is 35.5. The van der Waals surface area contributed by atoms with E-state index in [2.05, 4.69) is 0 Å². The fourth-order valence-electron chi connectivity index (χ4n) is 6.88. The first-order valence-electron chi connectivity index (χ1n) is 11.2. The third-order valence-corrected chi connectivity index (χ3v) is 8.43. The number of Topliss-reactive ketones (excluding diaryl/α,β-unsaturated/α-hetero) is 1. The number of benzene rings is 1. The van der Waals surface area contributed by atoms with E-state index in [0.29, 0.717) is 33.9 Å². The minimum absolute atomic E-state index is 0.235. The second-order valence-electron chi connectivity index (χ2n) is 10.2. The summed E-state index contributed by atoms with van der Waals surface area (Å²) in [6.07, 6.45) is 4.68. The second-order valence-corrected chi connectivity index (χ2v) is 11.0. The molecule has 2 unspecified atom stereocenters. The van der Waals surface area contributed by atoms with Crippen molar-refractivity contribution in [3.05, 3.63) is 51.3 Å². The highest BCUT2D eigenvalue weighted by Crippen LogP contribution is 2.62. The molecule has 0 spiro atoms. The molecule has 4 fully saturated rings. The smallest absolute Gasteiger partial charge is 0.312 e. The summed E-state index contributed by atoms with van der Waals surface area (Å²) < 4.78 is 7.52. The van der Waals surface area contributed by atoms with Crippen LogP contribution in [0.15, 0.2) is 24.3 Å². The first kappa shape index (κ1) is 22.0. The largest absolute Gasteiger partial charge is 0.457 e. The predicted octanol–water partition coefficient (Wildman–Crippen LogP) is 5.46. The monoisotopic (exact) mass is 475 g/mol. The van der Waals surface area contributed by atoms with Crippen molar-refractivity contribution in [2.45, 2.75) is 58.0 Å². The summed E-state index contributed by atoms with van der Waals surface area (Å²) in [4.78, 5) is 26.1. The third-order valence-electron chi connectivity index (χ3n) is 7.69. The van der Waals surface area contributed by atoms with Crippen molar-refractivity contribution < 1.29 is 19.4 Å². The molecule has 4 saturated carbocycles. The van der Waals surface area contributed by atoms with Gasteiger partial charge in [0, 0.05) is 22.6 Å². The zero-order chi connectivity index (χ0) is 22.8. The van der Waals surface area contributed by atoms with E-state index in [1.807, 2.05) is 24.5 Å². The molecule has 170 valence electrons. The Bertz CT molecular complexity index is 1110. The van der Waals surface area contributed by atoms with E-state index in [-0.39, 0.29) is 18.4 Å². The van der Waals surface area contributed by atoms with E-state index in [1.165, 1.54) is 0 Å². The summed E-state index contributed by atoms with van der Waals surface area (Å²) in [5, 5.41) is 11.8. The van der Waals surface area contributed by atoms with Gasteiger partial charge in [-0.3, -0.25) is 9.59 Å². The van der Waals surface area contributed by atoms with Crippen LogP contribution in [-0.4, -0.2) is 33.6 Å². The summed E-state index contributed by atoms with van der Waals surface area (Å²) in [5.74, 6) is 0.210. The van der Waals surface area contributed by atoms with Gasteiger partial charge in [0.15, 0.2) is 6.61 Å². The van der Waals surface area contributed by atoms with Crippen LogP contribution in [0.1, 0.15) is 60.3 Å². The van der Waals surface area contributed by atoms with E-state index in [1.54, 1.807) is 18.2 Å². The van der Waals surface area contributed by atoms with E-state index in [0.717, 1.165) is 49.2 Å². The Balaban J connectivity index is 1.32. The molecule has 1 N–H and O–H groups in total. The number of aliphatic hydroxyl groups is 1. The molecule has 1 heterocycles. The lowest BCUT2D eigenvalue weighted by Crippen LogP contribution is -2.58. The van der Waals surface area contributed by atoms with Crippen molar-refractivity contribution in [3.8, 4) is 5.69 Å². The van der Waals surface area contributed by atoms with Gasteiger partial charge in [0.1, 0.15) is 0 Å². The van der Waals surface area contributed by atoms with Gasteiger partial charge in [0.05, 0.1) is 21.1 Å². The van der Waals surface area contributed by atoms with Crippen LogP contribution in [0.5, 0.6) is 0 Å². The molecule has 4 aliphatic rings. The number of nitrogens with zero attached hydrogens (tertiary/aromatic N) is 1. The second kappa shape index (κ2) is 7.61. The summed E-state index contributed by atoms with van der Waals surface area (Å²) in [6.45, 7) is 3.48. The minimum Gasteiger partial charge on any atom is -0.457 e. The lowest BCUT2D eigenvalue weighted by Gasteiger charge is -2.58. The molecule has 5 nitrogen and oxygen atoms in total. The Morgan fingerprint density at radius 1 is 1.09 bits per heavy atom. The van der Waals surface area contributed by atoms with Crippen molar-refractivity contribution in [1.29, 1.82) is 0 Å². The van der Waals surface area contributed by atoms with Gasteiger partial charge in [-0.15, -0.1) is 0 Å². The standard InChI is InChI=1S/C25H27Cl2NO4/c1-14-5-19(15(2)28(14)18-3-4-20(26)21(27)7-18)22(29)12-32-23(30)24-8-16-6-17(9-24)11-25(31,10-16)13-24/h3-5,7,16-17,31H,6,8-13H2,1-2H3. The summed E-state index contributed by atoms with van der Waals surface area (Å²) in [6, 6.07) is 7.14. The quantitative estimate of drug-likeness (QED) is 0.460. The van der Waals surface area contributed by atoms with Crippen molar-refractivity contribution in [2.75, 3.05) is 6.61 Å². The van der Waals surface area contributed by atoms with E-state index in [4.69, 9.17) is 27.9 Å². The number of hydrogen-bond donors (Lipinski definition) is 1. The van der Waals surface area contributed by atoms with Gasteiger partial charge in [0.2, 0.25) is 5.78 Å². The van der Waals surface area contributed by atoms with Gasteiger partial charge in [0.25, 0.3) is 0 Å². The molecule has 7 heteroatoms. The molecule has 1 aromatic heterocycles. The maximum Gasteiger partial charge on any atom is 0.312 e. The molecule has 0 radical (unpaired) electrons. The van der Waals surface area contributed by atoms with Gasteiger partial charge in [-0.25, -0.2) is 0 Å². The van der Waals surface area contributed by atoms with Crippen LogP contribution in [0.3, 0.4) is 0 Å². The molecule has 4 aliphatic carbocycles. The van der Waals surface area contributed by atoms with E-state index in [9.17, 15) is 14.7 Å². The molecule has 2 aromatic rings. The Kier molecular flexibility index (Phi) is 5.23. The topological polar surface area (TPSA) is 68.5 Å². The Labute approximate surface area is 197 Å². The lowest BCUT2D eigenvalue weighted by atomic mass is 9.48. The maximum atomic E-state index is 13.1. The molecule has 32 heavy (non-hydrogen) atoms. The highest BCUT2D eigenvalue weighted by molar-refractivity contribution is 6.42. The molecule has 0 saturated heterocycles. The molecule has 1 aromatic carbocycles. The molecule has 0 aliphatic heterocycles. The number of rotatable bonds is 5. The zero-order valence-electron chi connectivity index (χ0n) is 18.3. The number of halogens is 2. The van der Waals surface area contributed by atoms with Gasteiger partial charge in [-0.2, -0.15) is 0 Å². The first-order chi connectivity index (χ1) is 15.1. The first-order valence-corrected chi connectivity index (χ1v) is 11.9. The van der Waals surface area contributed by atoms with E-state index >= 15 is 0 Å². The number of carbonyl (C=O) groups excluding carboxylic acids is 2. The number of aromatic nitrogens is 1.